The van der Waals surface area contributed by atoms with Gasteiger partial charge in [-0.25, -0.2) is 8.42 Å². The van der Waals surface area contributed by atoms with E-state index in [9.17, 15) is 8.42 Å². The second-order valence-electron chi connectivity index (χ2n) is 2.94. The molecule has 0 aromatic rings. The molecule has 1 aliphatic rings. The highest BCUT2D eigenvalue weighted by atomic mass is 32.2. The first-order chi connectivity index (χ1) is 5.58. The molecule has 0 aromatic carbocycles. The molecule has 0 aliphatic carbocycles. The van der Waals surface area contributed by atoms with Gasteiger partial charge in [-0.3, -0.25) is 0 Å². The fourth-order valence-corrected chi connectivity index (χ4v) is 2.58. The van der Waals surface area contributed by atoms with Gasteiger partial charge in [-0.2, -0.15) is 4.31 Å². The molecule has 1 aliphatic heterocycles. The second-order valence-corrected chi connectivity index (χ2v) is 5.15. The van der Waals surface area contributed by atoms with Crippen molar-refractivity contribution in [3.8, 4) is 0 Å². The van der Waals surface area contributed by atoms with Crippen molar-refractivity contribution in [2.75, 3.05) is 25.5 Å². The monoisotopic (exact) mass is 193 g/mol. The van der Waals surface area contributed by atoms with Crippen LogP contribution in [-0.2, 0) is 14.8 Å². The van der Waals surface area contributed by atoms with Crippen LogP contribution in [0.3, 0.4) is 0 Å². The zero-order chi connectivity index (χ0) is 9.19. The lowest BCUT2D eigenvalue weighted by Crippen LogP contribution is -2.47. The van der Waals surface area contributed by atoms with E-state index in [2.05, 4.69) is 0 Å². The Morgan fingerprint density at radius 2 is 2.25 bits per heavy atom. The van der Waals surface area contributed by atoms with E-state index < -0.39 is 10.0 Å². The van der Waals surface area contributed by atoms with Crippen LogP contribution < -0.4 is 0 Å². The average Bonchev–Trinajstić information content (AvgIpc) is 2.05. The number of sulfonamides is 1. The number of hydrogen-bond acceptors (Lipinski definition) is 3. The van der Waals surface area contributed by atoms with E-state index in [1.54, 1.807) is 6.92 Å². The van der Waals surface area contributed by atoms with Gasteiger partial charge < -0.3 is 4.74 Å². The molecule has 0 aromatic heterocycles. The van der Waals surface area contributed by atoms with Crippen molar-refractivity contribution in [3.05, 3.63) is 0 Å². The van der Waals surface area contributed by atoms with Crippen LogP contribution in [0.1, 0.15) is 13.8 Å². The van der Waals surface area contributed by atoms with Gasteiger partial charge in [0.25, 0.3) is 0 Å². The summed E-state index contributed by atoms with van der Waals surface area (Å²) in [5, 5.41) is 0. The van der Waals surface area contributed by atoms with Crippen LogP contribution in [0.25, 0.3) is 0 Å². The lowest BCUT2D eigenvalue weighted by atomic mass is 10.3. The Morgan fingerprint density at radius 3 is 2.75 bits per heavy atom. The van der Waals surface area contributed by atoms with Gasteiger partial charge in [-0.05, 0) is 13.8 Å². The maximum atomic E-state index is 11.4. The summed E-state index contributed by atoms with van der Waals surface area (Å²) in [6.07, 6.45) is 0. The molecular weight excluding hydrogens is 178 g/mol. The van der Waals surface area contributed by atoms with Crippen molar-refractivity contribution in [3.63, 3.8) is 0 Å². The minimum Gasteiger partial charge on any atom is -0.378 e. The van der Waals surface area contributed by atoms with Crippen LogP contribution in [0.5, 0.6) is 0 Å². The van der Waals surface area contributed by atoms with E-state index in [0.717, 1.165) is 0 Å². The maximum Gasteiger partial charge on any atom is 0.214 e. The van der Waals surface area contributed by atoms with Gasteiger partial charge in [0.15, 0.2) is 0 Å². The van der Waals surface area contributed by atoms with Crippen LogP contribution in [0.2, 0.25) is 0 Å². The summed E-state index contributed by atoms with van der Waals surface area (Å²) in [6.45, 7) is 5.06. The first-order valence-corrected chi connectivity index (χ1v) is 5.76. The Kier molecular flexibility index (Phi) is 3.09. The molecular formula is C7H15NO3S. The largest absolute Gasteiger partial charge is 0.378 e. The predicted octanol–water partition coefficient (Wildman–Crippen LogP) is 0.0568. The Labute approximate surface area is 73.6 Å². The Balaban J connectivity index is 2.72. The summed E-state index contributed by atoms with van der Waals surface area (Å²) in [7, 11) is -3.02. The number of morpholine rings is 1. The van der Waals surface area contributed by atoms with Crippen LogP contribution in [-0.4, -0.2) is 44.3 Å². The SMILES string of the molecule is CCS(=O)(=O)N1CCOCC1C. The van der Waals surface area contributed by atoms with Crippen molar-refractivity contribution in [2.45, 2.75) is 19.9 Å². The molecule has 1 heterocycles. The van der Waals surface area contributed by atoms with E-state index in [0.29, 0.717) is 19.8 Å². The molecule has 0 N–H and O–H groups in total. The molecule has 1 fully saturated rings. The number of rotatable bonds is 2. The van der Waals surface area contributed by atoms with Crippen molar-refractivity contribution >= 4 is 10.0 Å². The third kappa shape index (κ3) is 1.97. The first kappa shape index (κ1) is 9.95. The van der Waals surface area contributed by atoms with E-state index in [1.165, 1.54) is 4.31 Å². The Bertz CT molecular complexity index is 237. The van der Waals surface area contributed by atoms with Gasteiger partial charge in [0.2, 0.25) is 10.0 Å². The molecule has 1 saturated heterocycles. The van der Waals surface area contributed by atoms with Gasteiger partial charge in [-0.15, -0.1) is 0 Å². The lowest BCUT2D eigenvalue weighted by Gasteiger charge is -2.31. The third-order valence-corrected chi connectivity index (χ3v) is 4.02. The highest BCUT2D eigenvalue weighted by Gasteiger charge is 2.28. The highest BCUT2D eigenvalue weighted by molar-refractivity contribution is 7.89. The van der Waals surface area contributed by atoms with Gasteiger partial charge >= 0.3 is 0 Å². The molecule has 1 unspecified atom stereocenters. The molecule has 0 amide bonds. The lowest BCUT2D eigenvalue weighted by molar-refractivity contribution is 0.0393. The normalized spacial score (nSPS) is 27.3. The van der Waals surface area contributed by atoms with Gasteiger partial charge in [0.05, 0.1) is 19.0 Å². The molecule has 5 heteroatoms. The maximum absolute atomic E-state index is 11.4. The van der Waals surface area contributed by atoms with E-state index in [-0.39, 0.29) is 11.8 Å². The van der Waals surface area contributed by atoms with Gasteiger partial charge in [-0.1, -0.05) is 0 Å². The van der Waals surface area contributed by atoms with Crippen molar-refractivity contribution in [1.82, 2.24) is 4.31 Å². The second kappa shape index (κ2) is 3.72. The van der Waals surface area contributed by atoms with Crippen LogP contribution in [0.4, 0.5) is 0 Å². The quantitative estimate of drug-likeness (QED) is 0.623. The topological polar surface area (TPSA) is 46.6 Å². The standard InChI is InChI=1S/C7H15NO3S/c1-3-12(9,10)8-4-5-11-6-7(8)2/h7H,3-6H2,1-2H3. The first-order valence-electron chi connectivity index (χ1n) is 4.15. The highest BCUT2D eigenvalue weighted by Crippen LogP contribution is 2.11. The summed E-state index contributed by atoms with van der Waals surface area (Å²) in [5.41, 5.74) is 0. The van der Waals surface area contributed by atoms with E-state index in [1.807, 2.05) is 6.92 Å². The molecule has 72 valence electrons. The molecule has 4 nitrogen and oxygen atoms in total. The summed E-state index contributed by atoms with van der Waals surface area (Å²) >= 11 is 0. The molecule has 0 radical (unpaired) electrons. The summed E-state index contributed by atoms with van der Waals surface area (Å²) in [5.74, 6) is 0.178. The minimum atomic E-state index is -3.02. The van der Waals surface area contributed by atoms with E-state index in [4.69, 9.17) is 4.74 Å². The average molecular weight is 193 g/mol. The molecule has 12 heavy (non-hydrogen) atoms. The fourth-order valence-electron chi connectivity index (χ4n) is 1.29. The van der Waals surface area contributed by atoms with Crippen LogP contribution in [0.15, 0.2) is 0 Å². The van der Waals surface area contributed by atoms with Crippen molar-refractivity contribution in [1.29, 1.82) is 0 Å². The van der Waals surface area contributed by atoms with Gasteiger partial charge in [0.1, 0.15) is 0 Å². The van der Waals surface area contributed by atoms with Gasteiger partial charge in [0, 0.05) is 12.6 Å². The smallest absolute Gasteiger partial charge is 0.214 e. The molecule has 0 bridgehead atoms. The zero-order valence-corrected chi connectivity index (χ0v) is 8.30. The third-order valence-electron chi connectivity index (χ3n) is 2.03. The van der Waals surface area contributed by atoms with Crippen LogP contribution >= 0.6 is 0 Å². The Morgan fingerprint density at radius 1 is 1.58 bits per heavy atom. The predicted molar refractivity (Wildman–Crippen MR) is 46.4 cm³/mol. The summed E-state index contributed by atoms with van der Waals surface area (Å²) in [4.78, 5) is 0. The summed E-state index contributed by atoms with van der Waals surface area (Å²) < 4.78 is 29.5. The number of nitrogens with zero attached hydrogens (tertiary/aromatic N) is 1. The Hall–Kier alpha value is -0.130. The minimum absolute atomic E-state index is 0.0105. The number of ether oxygens (including phenoxy) is 1. The van der Waals surface area contributed by atoms with E-state index >= 15 is 0 Å². The molecule has 1 atom stereocenters. The summed E-state index contributed by atoms with van der Waals surface area (Å²) in [6, 6.07) is -0.0105. The fraction of sp³-hybridized carbons (Fsp3) is 1.00. The molecule has 0 spiro atoms. The molecule has 1 rings (SSSR count). The number of hydrogen-bond donors (Lipinski definition) is 0. The molecule has 0 saturated carbocycles. The zero-order valence-electron chi connectivity index (χ0n) is 7.49. The van der Waals surface area contributed by atoms with Crippen molar-refractivity contribution < 1.29 is 13.2 Å². The van der Waals surface area contributed by atoms with Crippen molar-refractivity contribution in [2.24, 2.45) is 0 Å². The van der Waals surface area contributed by atoms with Crippen LogP contribution in [0, 0.1) is 0 Å².